The second-order valence-corrected chi connectivity index (χ2v) is 5.36. The molecule has 4 nitrogen and oxygen atoms in total. The molecule has 1 heterocycles. The van der Waals surface area contributed by atoms with Crippen molar-refractivity contribution < 1.29 is 4.79 Å². The van der Waals surface area contributed by atoms with Gasteiger partial charge in [0.05, 0.1) is 12.4 Å². The van der Waals surface area contributed by atoms with Crippen molar-refractivity contribution in [1.29, 1.82) is 0 Å². The van der Waals surface area contributed by atoms with Crippen molar-refractivity contribution in [2.24, 2.45) is 5.92 Å². The summed E-state index contributed by atoms with van der Waals surface area (Å²) in [5.74, 6) is 0.478. The van der Waals surface area contributed by atoms with Crippen LogP contribution in [0.25, 0.3) is 0 Å². The van der Waals surface area contributed by atoms with Gasteiger partial charge in [-0.2, -0.15) is 0 Å². The smallest absolute Gasteiger partial charge is 0.274 e. The molecular weight excluding hydrogens is 250 g/mol. The Morgan fingerprint density at radius 3 is 2.67 bits per heavy atom. The average molecular weight is 268 g/mol. The van der Waals surface area contributed by atoms with Crippen LogP contribution in [-0.4, -0.2) is 33.9 Å². The molecule has 2 rings (SSSR count). The Kier molecular flexibility index (Phi) is 4.17. The summed E-state index contributed by atoms with van der Waals surface area (Å²) in [5.41, 5.74) is 0.361. The van der Waals surface area contributed by atoms with Crippen molar-refractivity contribution in [3.8, 4) is 0 Å². The van der Waals surface area contributed by atoms with Crippen molar-refractivity contribution in [3.63, 3.8) is 0 Å². The highest BCUT2D eigenvalue weighted by Crippen LogP contribution is 2.27. The lowest BCUT2D eigenvalue weighted by Gasteiger charge is -2.36. The summed E-state index contributed by atoms with van der Waals surface area (Å²) in [4.78, 5) is 22.0. The molecule has 2 atom stereocenters. The molecule has 1 aromatic heterocycles. The molecule has 1 aromatic rings. The van der Waals surface area contributed by atoms with Gasteiger partial charge in [0.1, 0.15) is 10.8 Å². The quantitative estimate of drug-likeness (QED) is 0.828. The Morgan fingerprint density at radius 1 is 1.33 bits per heavy atom. The van der Waals surface area contributed by atoms with Gasteiger partial charge in [-0.15, -0.1) is 0 Å². The van der Waals surface area contributed by atoms with Crippen molar-refractivity contribution in [1.82, 2.24) is 14.9 Å². The predicted octanol–water partition coefficient (Wildman–Crippen LogP) is 2.78. The van der Waals surface area contributed by atoms with Gasteiger partial charge in [-0.3, -0.25) is 4.79 Å². The first-order valence-electron chi connectivity index (χ1n) is 6.34. The van der Waals surface area contributed by atoms with Gasteiger partial charge in [-0.25, -0.2) is 9.97 Å². The molecule has 1 fully saturated rings. The zero-order valence-corrected chi connectivity index (χ0v) is 11.5. The molecular formula is C13H18ClN3O. The van der Waals surface area contributed by atoms with Crippen LogP contribution in [0.2, 0.25) is 5.15 Å². The van der Waals surface area contributed by atoms with Gasteiger partial charge in [0, 0.05) is 13.1 Å². The largest absolute Gasteiger partial charge is 0.337 e. The van der Waals surface area contributed by atoms with Crippen LogP contribution in [0.4, 0.5) is 0 Å². The van der Waals surface area contributed by atoms with E-state index >= 15 is 0 Å². The van der Waals surface area contributed by atoms with E-state index in [1.165, 1.54) is 31.7 Å². The van der Waals surface area contributed by atoms with Gasteiger partial charge in [0.25, 0.3) is 5.91 Å². The summed E-state index contributed by atoms with van der Waals surface area (Å²) in [6, 6.07) is 0.309. The zero-order valence-electron chi connectivity index (χ0n) is 10.8. The Morgan fingerprint density at radius 2 is 2.06 bits per heavy atom. The lowest BCUT2D eigenvalue weighted by molar-refractivity contribution is 0.0622. The molecule has 98 valence electrons. The number of rotatable bonds is 2. The van der Waals surface area contributed by atoms with Gasteiger partial charge in [0.15, 0.2) is 0 Å². The van der Waals surface area contributed by atoms with E-state index in [0.29, 0.717) is 22.8 Å². The summed E-state index contributed by atoms with van der Waals surface area (Å²) in [6.45, 7) is 2.21. The first-order chi connectivity index (χ1) is 8.59. The van der Waals surface area contributed by atoms with Crippen LogP contribution >= 0.6 is 11.6 Å². The normalized spacial score (nSPS) is 23.7. The molecule has 5 heteroatoms. The third kappa shape index (κ3) is 2.80. The standard InChI is InChI=1S/C13H18ClN3O/c1-9-5-3-4-6-11(9)17(2)13(18)10-7-16-12(14)8-15-10/h7-9,11H,3-6H2,1-2H3. The monoisotopic (exact) mass is 267 g/mol. The second-order valence-electron chi connectivity index (χ2n) is 4.97. The zero-order chi connectivity index (χ0) is 13.1. The third-order valence-corrected chi connectivity index (χ3v) is 3.92. The molecule has 2 unspecified atom stereocenters. The summed E-state index contributed by atoms with van der Waals surface area (Å²) in [7, 11) is 1.85. The SMILES string of the molecule is CC1CCCCC1N(C)C(=O)c1cnc(Cl)cn1. The molecule has 0 spiro atoms. The van der Waals surface area contributed by atoms with E-state index in [0.717, 1.165) is 6.42 Å². The molecule has 0 bridgehead atoms. The molecule has 18 heavy (non-hydrogen) atoms. The number of hydrogen-bond donors (Lipinski definition) is 0. The number of amides is 1. The lowest BCUT2D eigenvalue weighted by atomic mass is 9.85. The number of aromatic nitrogens is 2. The second kappa shape index (κ2) is 5.65. The van der Waals surface area contributed by atoms with Crippen LogP contribution in [-0.2, 0) is 0 Å². The van der Waals surface area contributed by atoms with Crippen LogP contribution in [0.15, 0.2) is 12.4 Å². The van der Waals surface area contributed by atoms with E-state index in [1.54, 1.807) is 0 Å². The summed E-state index contributed by atoms with van der Waals surface area (Å²) in [5, 5.41) is 0.306. The van der Waals surface area contributed by atoms with Crippen LogP contribution in [0.5, 0.6) is 0 Å². The highest BCUT2D eigenvalue weighted by molar-refractivity contribution is 6.29. The number of halogens is 1. The van der Waals surface area contributed by atoms with E-state index in [2.05, 4.69) is 16.9 Å². The van der Waals surface area contributed by atoms with E-state index in [4.69, 9.17) is 11.6 Å². The summed E-state index contributed by atoms with van der Waals surface area (Å²) >= 11 is 5.67. The van der Waals surface area contributed by atoms with Crippen molar-refractivity contribution in [2.45, 2.75) is 38.6 Å². The van der Waals surface area contributed by atoms with Crippen molar-refractivity contribution in [2.75, 3.05) is 7.05 Å². The minimum absolute atomic E-state index is 0.0714. The minimum atomic E-state index is -0.0714. The highest BCUT2D eigenvalue weighted by atomic mass is 35.5. The minimum Gasteiger partial charge on any atom is -0.337 e. The van der Waals surface area contributed by atoms with Gasteiger partial charge < -0.3 is 4.90 Å². The average Bonchev–Trinajstić information content (AvgIpc) is 2.38. The van der Waals surface area contributed by atoms with Crippen LogP contribution in [0, 0.1) is 5.92 Å². The molecule has 0 saturated heterocycles. The third-order valence-electron chi connectivity index (χ3n) is 3.72. The molecule has 1 amide bonds. The fourth-order valence-corrected chi connectivity index (χ4v) is 2.72. The van der Waals surface area contributed by atoms with E-state index in [9.17, 15) is 4.79 Å². The Hall–Kier alpha value is -1.16. The molecule has 0 aliphatic heterocycles. The van der Waals surface area contributed by atoms with Crippen LogP contribution < -0.4 is 0 Å². The number of carbonyl (C=O) groups is 1. The van der Waals surface area contributed by atoms with E-state index in [1.807, 2.05) is 11.9 Å². The summed E-state index contributed by atoms with van der Waals surface area (Å²) < 4.78 is 0. The number of carbonyl (C=O) groups excluding carboxylic acids is 1. The van der Waals surface area contributed by atoms with Crippen molar-refractivity contribution >= 4 is 17.5 Å². The van der Waals surface area contributed by atoms with Gasteiger partial charge in [-0.05, 0) is 18.8 Å². The Labute approximate surface area is 112 Å². The Balaban J connectivity index is 2.10. The molecule has 0 radical (unpaired) electrons. The van der Waals surface area contributed by atoms with Gasteiger partial charge in [-0.1, -0.05) is 31.4 Å². The lowest BCUT2D eigenvalue weighted by Crippen LogP contribution is -2.42. The maximum Gasteiger partial charge on any atom is 0.274 e. The van der Waals surface area contributed by atoms with E-state index in [-0.39, 0.29) is 5.91 Å². The van der Waals surface area contributed by atoms with Crippen molar-refractivity contribution in [3.05, 3.63) is 23.2 Å². The molecule has 1 saturated carbocycles. The predicted molar refractivity (Wildman–Crippen MR) is 70.6 cm³/mol. The first-order valence-corrected chi connectivity index (χ1v) is 6.72. The first kappa shape index (κ1) is 13.3. The Bertz CT molecular complexity index is 421. The maximum atomic E-state index is 12.3. The topological polar surface area (TPSA) is 46.1 Å². The maximum absolute atomic E-state index is 12.3. The van der Waals surface area contributed by atoms with Gasteiger partial charge >= 0.3 is 0 Å². The molecule has 1 aliphatic rings. The fraction of sp³-hybridized carbons (Fsp3) is 0.615. The molecule has 0 N–H and O–H groups in total. The van der Waals surface area contributed by atoms with Gasteiger partial charge in [0.2, 0.25) is 0 Å². The van der Waals surface area contributed by atoms with Crippen LogP contribution in [0.1, 0.15) is 43.1 Å². The summed E-state index contributed by atoms with van der Waals surface area (Å²) in [6.07, 6.45) is 7.57. The number of nitrogens with zero attached hydrogens (tertiary/aromatic N) is 3. The van der Waals surface area contributed by atoms with E-state index < -0.39 is 0 Å². The van der Waals surface area contributed by atoms with Crippen LogP contribution in [0.3, 0.4) is 0 Å². The molecule has 0 aromatic carbocycles. The number of hydrogen-bond acceptors (Lipinski definition) is 3. The molecule has 1 aliphatic carbocycles. The highest BCUT2D eigenvalue weighted by Gasteiger charge is 2.28. The fourth-order valence-electron chi connectivity index (χ4n) is 2.63.